The van der Waals surface area contributed by atoms with Crippen LogP contribution in [0.5, 0.6) is 0 Å². The van der Waals surface area contributed by atoms with Gasteiger partial charge in [-0.3, -0.25) is 4.79 Å². The van der Waals surface area contributed by atoms with Gasteiger partial charge in [0.2, 0.25) is 5.91 Å². The van der Waals surface area contributed by atoms with Crippen LogP contribution >= 0.6 is 0 Å². The highest BCUT2D eigenvalue weighted by atomic mass is 16.4. The Morgan fingerprint density at radius 2 is 1.89 bits per heavy atom. The summed E-state index contributed by atoms with van der Waals surface area (Å²) in [5.41, 5.74) is -0.341. The quantitative estimate of drug-likeness (QED) is 0.764. The molecule has 0 bridgehead atoms. The van der Waals surface area contributed by atoms with Gasteiger partial charge in [0, 0.05) is 12.5 Å². The van der Waals surface area contributed by atoms with Gasteiger partial charge in [-0.25, -0.2) is 4.79 Å². The highest BCUT2D eigenvalue weighted by Crippen LogP contribution is 2.37. The van der Waals surface area contributed by atoms with Crippen LogP contribution in [0.3, 0.4) is 0 Å². The average molecular weight is 251 g/mol. The van der Waals surface area contributed by atoms with E-state index in [2.05, 4.69) is 0 Å². The van der Waals surface area contributed by atoms with Crippen molar-refractivity contribution in [3.05, 3.63) is 12.2 Å². The first-order chi connectivity index (χ1) is 8.43. The van der Waals surface area contributed by atoms with E-state index in [1.54, 1.807) is 4.90 Å². The van der Waals surface area contributed by atoms with E-state index in [0.29, 0.717) is 6.54 Å². The van der Waals surface area contributed by atoms with Crippen LogP contribution in [0.15, 0.2) is 12.2 Å². The lowest BCUT2D eigenvalue weighted by atomic mass is 9.76. The van der Waals surface area contributed by atoms with Crippen LogP contribution in [0.2, 0.25) is 0 Å². The van der Waals surface area contributed by atoms with Gasteiger partial charge in [0.15, 0.2) is 0 Å². The summed E-state index contributed by atoms with van der Waals surface area (Å²) in [6, 6.07) is -0.681. The molecule has 18 heavy (non-hydrogen) atoms. The third-order valence-corrected chi connectivity index (χ3v) is 4.15. The summed E-state index contributed by atoms with van der Waals surface area (Å²) in [5, 5.41) is 9.43. The first kappa shape index (κ1) is 13.1. The summed E-state index contributed by atoms with van der Waals surface area (Å²) >= 11 is 0. The van der Waals surface area contributed by atoms with Crippen molar-refractivity contribution in [1.82, 2.24) is 4.90 Å². The maximum absolute atomic E-state index is 12.4. The van der Waals surface area contributed by atoms with E-state index in [-0.39, 0.29) is 17.2 Å². The molecule has 0 spiro atoms. The largest absolute Gasteiger partial charge is 0.480 e. The molecule has 4 heteroatoms. The number of hydrogen-bond acceptors (Lipinski definition) is 2. The van der Waals surface area contributed by atoms with Crippen LogP contribution in [0.1, 0.15) is 39.5 Å². The number of allylic oxidation sites excluding steroid dienone is 2. The van der Waals surface area contributed by atoms with Crippen LogP contribution in [-0.2, 0) is 9.59 Å². The highest BCUT2D eigenvalue weighted by Gasteiger charge is 2.45. The second-order valence-corrected chi connectivity index (χ2v) is 6.00. The number of aliphatic carboxylic acids is 1. The van der Waals surface area contributed by atoms with Gasteiger partial charge < -0.3 is 10.0 Å². The number of nitrogens with zero attached hydrogens (tertiary/aromatic N) is 1. The normalized spacial score (nSPS) is 27.4. The summed E-state index contributed by atoms with van der Waals surface area (Å²) in [7, 11) is 0. The molecule has 2 rings (SSSR count). The minimum Gasteiger partial charge on any atom is -0.480 e. The molecule has 1 aliphatic carbocycles. The van der Waals surface area contributed by atoms with E-state index in [1.807, 2.05) is 26.0 Å². The van der Waals surface area contributed by atoms with E-state index in [1.165, 1.54) is 0 Å². The lowest BCUT2D eigenvalue weighted by Crippen LogP contribution is -2.57. The molecule has 4 nitrogen and oxygen atoms in total. The zero-order valence-electron chi connectivity index (χ0n) is 11.1. The maximum Gasteiger partial charge on any atom is 0.326 e. The van der Waals surface area contributed by atoms with Crippen LogP contribution < -0.4 is 0 Å². The minimum atomic E-state index is -0.876. The van der Waals surface area contributed by atoms with Crippen LogP contribution in [0, 0.1) is 11.3 Å². The van der Waals surface area contributed by atoms with Crippen molar-refractivity contribution >= 4 is 11.9 Å². The molecule has 0 radical (unpaired) electrons. The van der Waals surface area contributed by atoms with Gasteiger partial charge in [0.05, 0.1) is 0 Å². The van der Waals surface area contributed by atoms with Crippen molar-refractivity contribution in [1.29, 1.82) is 0 Å². The molecule has 0 aromatic carbocycles. The van der Waals surface area contributed by atoms with Crippen molar-refractivity contribution in [3.8, 4) is 0 Å². The molecule has 2 aliphatic rings. The fraction of sp³-hybridized carbons (Fsp3) is 0.714. The van der Waals surface area contributed by atoms with Crippen LogP contribution in [-0.4, -0.2) is 34.5 Å². The molecule has 0 aromatic rings. The number of carbonyl (C=O) groups is 2. The number of rotatable bonds is 2. The van der Waals surface area contributed by atoms with Gasteiger partial charge in [-0.1, -0.05) is 26.0 Å². The molecular formula is C14H21NO3. The van der Waals surface area contributed by atoms with E-state index in [0.717, 1.165) is 25.7 Å². The summed E-state index contributed by atoms with van der Waals surface area (Å²) in [6.07, 6.45) is 7.27. The van der Waals surface area contributed by atoms with E-state index >= 15 is 0 Å². The van der Waals surface area contributed by atoms with Crippen molar-refractivity contribution < 1.29 is 14.7 Å². The second-order valence-electron chi connectivity index (χ2n) is 6.00. The Bertz CT molecular complexity index is 379. The van der Waals surface area contributed by atoms with Crippen molar-refractivity contribution in [3.63, 3.8) is 0 Å². The third-order valence-electron chi connectivity index (χ3n) is 4.15. The zero-order valence-corrected chi connectivity index (χ0v) is 11.1. The Balaban J connectivity index is 2.18. The molecule has 1 N–H and O–H groups in total. The smallest absolute Gasteiger partial charge is 0.326 e. The van der Waals surface area contributed by atoms with E-state index < -0.39 is 12.0 Å². The topological polar surface area (TPSA) is 57.6 Å². The SMILES string of the molecule is CC1(C)CCCN(C(=O)C2CC=CC2)C1C(=O)O. The van der Waals surface area contributed by atoms with Gasteiger partial charge in [0.25, 0.3) is 0 Å². The van der Waals surface area contributed by atoms with Gasteiger partial charge in [-0.05, 0) is 31.1 Å². The third kappa shape index (κ3) is 2.28. The monoisotopic (exact) mass is 251 g/mol. The lowest BCUT2D eigenvalue weighted by Gasteiger charge is -2.44. The molecular weight excluding hydrogens is 230 g/mol. The molecule has 0 saturated carbocycles. The van der Waals surface area contributed by atoms with Gasteiger partial charge in [-0.15, -0.1) is 0 Å². The number of carbonyl (C=O) groups excluding carboxylic acids is 1. The summed E-state index contributed by atoms with van der Waals surface area (Å²) in [5.74, 6) is -0.903. The number of carboxylic acid groups (broad SMARTS) is 1. The average Bonchev–Trinajstić information content (AvgIpc) is 2.79. The van der Waals surface area contributed by atoms with Crippen LogP contribution in [0.4, 0.5) is 0 Å². The Labute approximate surface area is 108 Å². The molecule has 100 valence electrons. The van der Waals surface area contributed by atoms with Gasteiger partial charge >= 0.3 is 5.97 Å². The predicted octanol–water partition coefficient (Wildman–Crippen LogP) is 2.05. The molecule has 1 aliphatic heterocycles. The first-order valence-corrected chi connectivity index (χ1v) is 6.62. The summed E-state index contributed by atoms with van der Waals surface area (Å²) < 4.78 is 0. The number of hydrogen-bond donors (Lipinski definition) is 1. The number of piperidine rings is 1. The lowest BCUT2D eigenvalue weighted by molar-refractivity contribution is -0.160. The number of carboxylic acids is 1. The summed E-state index contributed by atoms with van der Waals surface area (Å²) in [6.45, 7) is 4.46. The maximum atomic E-state index is 12.4. The Morgan fingerprint density at radius 1 is 1.28 bits per heavy atom. The summed E-state index contributed by atoms with van der Waals surface area (Å²) in [4.78, 5) is 25.5. The Morgan fingerprint density at radius 3 is 2.44 bits per heavy atom. The Kier molecular flexibility index (Phi) is 3.46. The zero-order chi connectivity index (χ0) is 13.3. The van der Waals surface area contributed by atoms with Crippen molar-refractivity contribution in [2.45, 2.75) is 45.6 Å². The molecule has 1 fully saturated rings. The fourth-order valence-electron chi connectivity index (χ4n) is 3.15. The second kappa shape index (κ2) is 4.75. The van der Waals surface area contributed by atoms with Crippen molar-refractivity contribution in [2.75, 3.05) is 6.54 Å². The fourth-order valence-corrected chi connectivity index (χ4v) is 3.15. The molecule has 1 heterocycles. The number of amides is 1. The van der Waals surface area contributed by atoms with Crippen molar-refractivity contribution in [2.24, 2.45) is 11.3 Å². The predicted molar refractivity (Wildman–Crippen MR) is 68.0 cm³/mol. The van der Waals surface area contributed by atoms with Gasteiger partial charge in [0.1, 0.15) is 6.04 Å². The number of likely N-dealkylation sites (tertiary alicyclic amines) is 1. The van der Waals surface area contributed by atoms with E-state index in [9.17, 15) is 14.7 Å². The first-order valence-electron chi connectivity index (χ1n) is 6.62. The van der Waals surface area contributed by atoms with Gasteiger partial charge in [-0.2, -0.15) is 0 Å². The standard InChI is InChI=1S/C14H21NO3/c1-14(2)8-5-9-15(11(14)13(17)18)12(16)10-6-3-4-7-10/h3-4,10-11H,5-9H2,1-2H3,(H,17,18). The molecule has 1 amide bonds. The van der Waals surface area contributed by atoms with E-state index in [4.69, 9.17) is 0 Å². The minimum absolute atomic E-state index is 0.0141. The Hall–Kier alpha value is -1.32. The molecule has 1 saturated heterocycles. The highest BCUT2D eigenvalue weighted by molar-refractivity contribution is 5.86. The molecule has 1 atom stereocenters. The van der Waals surface area contributed by atoms with Crippen LogP contribution in [0.25, 0.3) is 0 Å². The molecule has 1 unspecified atom stereocenters. The molecule has 0 aromatic heterocycles.